The quantitative estimate of drug-likeness (QED) is 0.888. The van der Waals surface area contributed by atoms with Gasteiger partial charge in [-0.25, -0.2) is 0 Å². The number of guanidine groups is 1. The zero-order valence-corrected chi connectivity index (χ0v) is 14.2. The van der Waals surface area contributed by atoms with Gasteiger partial charge in [-0.1, -0.05) is 24.3 Å². The Morgan fingerprint density at radius 1 is 1.17 bits per heavy atom. The van der Waals surface area contributed by atoms with E-state index in [2.05, 4.69) is 58.6 Å². The minimum Gasteiger partial charge on any atom is -0.373 e. The Hall–Kier alpha value is -1.59. The molecule has 0 amide bonds. The van der Waals surface area contributed by atoms with Crippen molar-refractivity contribution in [3.05, 3.63) is 35.4 Å². The third-order valence-corrected chi connectivity index (χ3v) is 4.28. The highest BCUT2D eigenvalue weighted by Gasteiger charge is 2.21. The molecule has 126 valence electrons. The van der Waals surface area contributed by atoms with Crippen LogP contribution in [0.5, 0.6) is 0 Å². The van der Waals surface area contributed by atoms with Crippen LogP contribution in [0.3, 0.4) is 0 Å². The average Bonchev–Trinajstić information content (AvgIpc) is 2.54. The van der Waals surface area contributed by atoms with Crippen LogP contribution in [0.15, 0.2) is 29.3 Å². The minimum atomic E-state index is 0.325. The van der Waals surface area contributed by atoms with Crippen LogP contribution in [0, 0.1) is 0 Å². The van der Waals surface area contributed by atoms with Crippen LogP contribution in [0.2, 0.25) is 0 Å². The predicted octanol–water partition coefficient (Wildman–Crippen LogP) is 1.73. The predicted molar refractivity (Wildman–Crippen MR) is 93.5 cm³/mol. The van der Waals surface area contributed by atoms with Gasteiger partial charge in [0.25, 0.3) is 0 Å². The Kier molecular flexibility index (Phi) is 5.51. The van der Waals surface area contributed by atoms with E-state index in [0.717, 1.165) is 51.6 Å². The maximum Gasteiger partial charge on any atom is 0.191 e. The van der Waals surface area contributed by atoms with Gasteiger partial charge in [0.05, 0.1) is 12.2 Å². The van der Waals surface area contributed by atoms with E-state index in [4.69, 9.17) is 4.74 Å². The fraction of sp³-hybridized carbons (Fsp3) is 0.611. The average molecular weight is 316 g/mol. The lowest BCUT2D eigenvalue weighted by atomic mass is 10.1. The Labute approximate surface area is 139 Å². The molecule has 2 aliphatic heterocycles. The highest BCUT2D eigenvalue weighted by molar-refractivity contribution is 5.80. The van der Waals surface area contributed by atoms with Crippen molar-refractivity contribution in [2.75, 3.05) is 26.2 Å². The second kappa shape index (κ2) is 7.79. The van der Waals surface area contributed by atoms with E-state index in [1.807, 2.05) is 0 Å². The summed E-state index contributed by atoms with van der Waals surface area (Å²) >= 11 is 0. The Bertz CT molecular complexity index is 518. The highest BCUT2D eigenvalue weighted by Crippen LogP contribution is 2.14. The lowest BCUT2D eigenvalue weighted by Crippen LogP contribution is -2.44. The second-order valence-electron chi connectivity index (χ2n) is 6.63. The summed E-state index contributed by atoms with van der Waals surface area (Å²) < 4.78 is 5.80. The monoisotopic (exact) mass is 316 g/mol. The number of aliphatic imine (C=N–C) groups is 1. The van der Waals surface area contributed by atoms with Crippen LogP contribution in [-0.2, 0) is 17.8 Å². The lowest BCUT2D eigenvalue weighted by Gasteiger charge is -2.35. The molecule has 2 N–H and O–H groups in total. The summed E-state index contributed by atoms with van der Waals surface area (Å²) in [7, 11) is 0. The van der Waals surface area contributed by atoms with Crippen LogP contribution >= 0.6 is 0 Å². The van der Waals surface area contributed by atoms with Crippen LogP contribution < -0.4 is 10.6 Å². The third kappa shape index (κ3) is 4.94. The molecule has 0 bridgehead atoms. The van der Waals surface area contributed by atoms with E-state index in [1.54, 1.807) is 0 Å². The SMILES string of the molecule is CC1CN(Cc2ccc(CNC3=NCCCN3)cc2)CC(C)O1. The van der Waals surface area contributed by atoms with E-state index >= 15 is 0 Å². The van der Waals surface area contributed by atoms with Crippen molar-refractivity contribution in [2.24, 2.45) is 4.99 Å². The van der Waals surface area contributed by atoms with Crippen LogP contribution in [-0.4, -0.2) is 49.2 Å². The van der Waals surface area contributed by atoms with E-state index in [9.17, 15) is 0 Å². The largest absolute Gasteiger partial charge is 0.373 e. The molecule has 1 aromatic rings. The van der Waals surface area contributed by atoms with Crippen molar-refractivity contribution in [2.45, 2.75) is 45.6 Å². The van der Waals surface area contributed by atoms with Gasteiger partial charge in [0, 0.05) is 39.3 Å². The molecule has 1 saturated heterocycles. The molecule has 0 saturated carbocycles. The molecule has 2 aliphatic rings. The first-order valence-corrected chi connectivity index (χ1v) is 8.67. The highest BCUT2D eigenvalue weighted by atomic mass is 16.5. The van der Waals surface area contributed by atoms with Gasteiger partial charge in [-0.2, -0.15) is 0 Å². The van der Waals surface area contributed by atoms with E-state index in [1.165, 1.54) is 11.1 Å². The smallest absolute Gasteiger partial charge is 0.191 e. The Balaban J connectivity index is 1.49. The lowest BCUT2D eigenvalue weighted by molar-refractivity contribution is -0.0704. The maximum absolute atomic E-state index is 5.80. The molecule has 1 aromatic carbocycles. The van der Waals surface area contributed by atoms with Crippen molar-refractivity contribution >= 4 is 5.96 Å². The topological polar surface area (TPSA) is 48.9 Å². The van der Waals surface area contributed by atoms with E-state index < -0.39 is 0 Å². The van der Waals surface area contributed by atoms with Crippen LogP contribution in [0.4, 0.5) is 0 Å². The number of nitrogens with zero attached hydrogens (tertiary/aromatic N) is 2. The van der Waals surface area contributed by atoms with Gasteiger partial charge in [0.15, 0.2) is 5.96 Å². The summed E-state index contributed by atoms with van der Waals surface area (Å²) in [5.74, 6) is 0.927. The van der Waals surface area contributed by atoms with Crippen molar-refractivity contribution in [3.63, 3.8) is 0 Å². The van der Waals surface area contributed by atoms with Gasteiger partial charge >= 0.3 is 0 Å². The molecule has 0 radical (unpaired) electrons. The molecule has 23 heavy (non-hydrogen) atoms. The van der Waals surface area contributed by atoms with E-state index in [0.29, 0.717) is 12.2 Å². The molecular formula is C18H28N4O. The van der Waals surface area contributed by atoms with Crippen molar-refractivity contribution in [1.29, 1.82) is 0 Å². The van der Waals surface area contributed by atoms with Gasteiger partial charge < -0.3 is 15.4 Å². The first-order chi connectivity index (χ1) is 11.2. The van der Waals surface area contributed by atoms with E-state index in [-0.39, 0.29) is 0 Å². The van der Waals surface area contributed by atoms with Gasteiger partial charge in [0.2, 0.25) is 0 Å². The maximum atomic E-state index is 5.80. The van der Waals surface area contributed by atoms with Crippen molar-refractivity contribution in [1.82, 2.24) is 15.5 Å². The van der Waals surface area contributed by atoms with Gasteiger partial charge in [0.1, 0.15) is 0 Å². The normalized spacial score (nSPS) is 25.6. The van der Waals surface area contributed by atoms with Crippen LogP contribution in [0.25, 0.3) is 0 Å². The minimum absolute atomic E-state index is 0.325. The van der Waals surface area contributed by atoms with Crippen molar-refractivity contribution in [3.8, 4) is 0 Å². The zero-order chi connectivity index (χ0) is 16.1. The summed E-state index contributed by atoms with van der Waals surface area (Å²) in [4.78, 5) is 6.91. The molecule has 0 aromatic heterocycles. The number of nitrogens with one attached hydrogen (secondary N) is 2. The molecule has 1 fully saturated rings. The van der Waals surface area contributed by atoms with Crippen LogP contribution in [0.1, 0.15) is 31.4 Å². The summed E-state index contributed by atoms with van der Waals surface area (Å²) in [6.45, 7) is 10.1. The number of morpholine rings is 1. The van der Waals surface area contributed by atoms with Gasteiger partial charge in [-0.05, 0) is 31.4 Å². The summed E-state index contributed by atoms with van der Waals surface area (Å²) in [6.07, 6.45) is 1.77. The summed E-state index contributed by atoms with van der Waals surface area (Å²) in [5.41, 5.74) is 2.65. The molecule has 0 spiro atoms. The molecule has 5 nitrogen and oxygen atoms in total. The van der Waals surface area contributed by atoms with Gasteiger partial charge in [-0.15, -0.1) is 0 Å². The molecule has 0 aliphatic carbocycles. The molecule has 2 unspecified atom stereocenters. The Morgan fingerprint density at radius 2 is 1.87 bits per heavy atom. The zero-order valence-electron chi connectivity index (χ0n) is 14.2. The molecule has 2 atom stereocenters. The molecule has 3 rings (SSSR count). The standard InChI is InChI=1S/C18H28N4O/c1-14-11-22(12-15(2)23-14)13-17-6-4-16(5-7-17)10-21-18-19-8-3-9-20-18/h4-7,14-15H,3,8-13H2,1-2H3,(H2,19,20,21). The Morgan fingerprint density at radius 3 is 2.52 bits per heavy atom. The molecule has 5 heteroatoms. The number of hydrogen-bond donors (Lipinski definition) is 2. The van der Waals surface area contributed by atoms with Gasteiger partial charge in [-0.3, -0.25) is 9.89 Å². The fourth-order valence-electron chi connectivity index (χ4n) is 3.27. The first kappa shape index (κ1) is 16.3. The fourth-order valence-corrected chi connectivity index (χ4v) is 3.27. The first-order valence-electron chi connectivity index (χ1n) is 8.67. The number of rotatable bonds is 4. The van der Waals surface area contributed by atoms with Crippen molar-refractivity contribution < 1.29 is 4.74 Å². The third-order valence-electron chi connectivity index (χ3n) is 4.28. The molecule has 2 heterocycles. The summed E-state index contributed by atoms with van der Waals surface area (Å²) in [6, 6.07) is 8.88. The number of ether oxygens (including phenoxy) is 1. The number of hydrogen-bond acceptors (Lipinski definition) is 5. The number of benzene rings is 1. The summed E-state index contributed by atoms with van der Waals surface area (Å²) in [5, 5.41) is 6.65. The molecular weight excluding hydrogens is 288 g/mol. The second-order valence-corrected chi connectivity index (χ2v) is 6.63.